The van der Waals surface area contributed by atoms with Crippen molar-refractivity contribution in [3.8, 4) is 23.0 Å². The number of carbonyl (C=O) groups is 2. The number of Topliss-reactive ketones (excluding diaryl/α,β-unsaturated/α-hetero) is 2. The van der Waals surface area contributed by atoms with Gasteiger partial charge in [0.1, 0.15) is 29.6 Å². The van der Waals surface area contributed by atoms with Gasteiger partial charge in [0.15, 0.2) is 11.5 Å². The number of allylic oxidation sites excluding steroid dienone is 1. The van der Waals surface area contributed by atoms with Crippen molar-refractivity contribution in [3.05, 3.63) is 52.8 Å². The zero-order chi connectivity index (χ0) is 19.6. The number of hydrogen-bond donors (Lipinski definition) is 0. The summed E-state index contributed by atoms with van der Waals surface area (Å²) in [6, 6.07) is 8.62. The van der Waals surface area contributed by atoms with E-state index in [1.54, 1.807) is 57.6 Å². The molecule has 0 fully saturated rings. The maximum atomic E-state index is 12.7. The van der Waals surface area contributed by atoms with E-state index in [1.807, 2.05) is 0 Å². The number of ether oxygens (including phenoxy) is 4. The highest BCUT2D eigenvalue weighted by Crippen LogP contribution is 2.40. The lowest BCUT2D eigenvalue weighted by Gasteiger charge is -2.10. The smallest absolute Gasteiger partial charge is 0.231 e. The second kappa shape index (κ2) is 7.53. The number of rotatable bonds is 6. The van der Waals surface area contributed by atoms with Crippen LogP contribution < -0.4 is 18.9 Å². The Kier molecular flexibility index (Phi) is 5.16. The molecule has 0 saturated heterocycles. The minimum atomic E-state index is -0.218. The summed E-state index contributed by atoms with van der Waals surface area (Å²) in [4.78, 5) is 23.8. The van der Waals surface area contributed by atoms with Crippen molar-refractivity contribution >= 4 is 17.6 Å². The van der Waals surface area contributed by atoms with E-state index in [4.69, 9.17) is 18.9 Å². The van der Waals surface area contributed by atoms with Gasteiger partial charge in [-0.3, -0.25) is 9.59 Å². The highest BCUT2D eigenvalue weighted by atomic mass is 16.5. The van der Waals surface area contributed by atoms with E-state index in [-0.39, 0.29) is 23.9 Å². The first kappa shape index (κ1) is 18.5. The monoisotopic (exact) mass is 368 g/mol. The highest BCUT2D eigenvalue weighted by molar-refractivity contribution is 6.15. The zero-order valence-corrected chi connectivity index (χ0v) is 15.6. The van der Waals surface area contributed by atoms with Gasteiger partial charge in [-0.2, -0.15) is 0 Å². The maximum Gasteiger partial charge on any atom is 0.231 e. The molecule has 0 atom stereocenters. The van der Waals surface area contributed by atoms with E-state index in [9.17, 15) is 9.59 Å². The van der Waals surface area contributed by atoms with Crippen LogP contribution in [0.5, 0.6) is 23.0 Å². The highest BCUT2D eigenvalue weighted by Gasteiger charge is 2.30. The number of methoxy groups -OCH3 is 2. The van der Waals surface area contributed by atoms with Crippen LogP contribution >= 0.6 is 0 Å². The number of ketones is 2. The first-order valence-electron chi connectivity index (χ1n) is 8.36. The molecule has 0 amide bonds. The van der Waals surface area contributed by atoms with Gasteiger partial charge in [-0.15, -0.1) is 0 Å². The van der Waals surface area contributed by atoms with Crippen LogP contribution in [-0.4, -0.2) is 32.4 Å². The number of hydrogen-bond acceptors (Lipinski definition) is 6. The Labute approximate surface area is 157 Å². The van der Waals surface area contributed by atoms with Gasteiger partial charge in [-0.05, 0) is 44.2 Å². The molecular formula is C21H20O6. The van der Waals surface area contributed by atoms with E-state index in [1.165, 1.54) is 6.92 Å². The minimum absolute atomic E-state index is 0.0285. The lowest BCUT2D eigenvalue weighted by atomic mass is 10.1. The van der Waals surface area contributed by atoms with Gasteiger partial charge in [-0.25, -0.2) is 0 Å². The fourth-order valence-corrected chi connectivity index (χ4v) is 2.78. The molecule has 0 radical (unpaired) electrons. The van der Waals surface area contributed by atoms with Crippen LogP contribution in [0.3, 0.4) is 0 Å². The summed E-state index contributed by atoms with van der Waals surface area (Å²) < 4.78 is 21.8. The van der Waals surface area contributed by atoms with Crippen molar-refractivity contribution < 1.29 is 28.5 Å². The van der Waals surface area contributed by atoms with Crippen LogP contribution in [-0.2, 0) is 4.79 Å². The average Bonchev–Trinajstić information content (AvgIpc) is 2.98. The molecule has 2 aromatic rings. The lowest BCUT2D eigenvalue weighted by molar-refractivity contribution is -0.118. The van der Waals surface area contributed by atoms with Crippen LogP contribution in [0, 0.1) is 6.92 Å². The Morgan fingerprint density at radius 1 is 1.11 bits per heavy atom. The number of benzene rings is 2. The quantitative estimate of drug-likeness (QED) is 0.726. The normalized spacial score (nSPS) is 13.9. The molecule has 1 aliphatic rings. The summed E-state index contributed by atoms with van der Waals surface area (Å²) in [5.41, 5.74) is 1.83. The van der Waals surface area contributed by atoms with Crippen molar-refractivity contribution in [1.29, 1.82) is 0 Å². The molecule has 6 nitrogen and oxygen atoms in total. The van der Waals surface area contributed by atoms with E-state index in [2.05, 4.69) is 0 Å². The molecule has 1 aliphatic heterocycles. The van der Waals surface area contributed by atoms with Crippen LogP contribution in [0.4, 0.5) is 0 Å². The summed E-state index contributed by atoms with van der Waals surface area (Å²) in [5, 5.41) is 0. The third-order valence-corrected chi connectivity index (χ3v) is 4.19. The summed E-state index contributed by atoms with van der Waals surface area (Å²) in [6.45, 7) is 3.21. The van der Waals surface area contributed by atoms with Gasteiger partial charge in [0, 0.05) is 17.2 Å². The van der Waals surface area contributed by atoms with E-state index in [0.29, 0.717) is 39.7 Å². The van der Waals surface area contributed by atoms with Gasteiger partial charge in [-0.1, -0.05) is 0 Å². The molecule has 2 aromatic carbocycles. The fraction of sp³-hybridized carbons (Fsp3) is 0.238. The van der Waals surface area contributed by atoms with Crippen molar-refractivity contribution in [1.82, 2.24) is 0 Å². The topological polar surface area (TPSA) is 71.1 Å². The molecule has 140 valence electrons. The van der Waals surface area contributed by atoms with Crippen molar-refractivity contribution in [3.63, 3.8) is 0 Å². The second-order valence-corrected chi connectivity index (χ2v) is 6.10. The van der Waals surface area contributed by atoms with E-state index in [0.717, 1.165) is 0 Å². The largest absolute Gasteiger partial charge is 0.497 e. The molecular weight excluding hydrogens is 348 g/mol. The molecule has 0 saturated carbocycles. The first-order chi connectivity index (χ1) is 12.9. The number of fused-ring (bicyclic) bond motifs is 1. The fourth-order valence-electron chi connectivity index (χ4n) is 2.78. The van der Waals surface area contributed by atoms with Gasteiger partial charge in [0.05, 0.1) is 19.8 Å². The Morgan fingerprint density at radius 3 is 2.56 bits per heavy atom. The Bertz CT molecular complexity index is 942. The Morgan fingerprint density at radius 2 is 1.89 bits per heavy atom. The van der Waals surface area contributed by atoms with Crippen LogP contribution in [0.15, 0.2) is 36.1 Å². The second-order valence-electron chi connectivity index (χ2n) is 6.10. The van der Waals surface area contributed by atoms with Crippen molar-refractivity contribution in [2.45, 2.75) is 13.8 Å². The Hall–Kier alpha value is -3.28. The summed E-state index contributed by atoms with van der Waals surface area (Å²) >= 11 is 0. The molecule has 0 aliphatic carbocycles. The van der Waals surface area contributed by atoms with Gasteiger partial charge in [0.25, 0.3) is 0 Å². The molecule has 27 heavy (non-hydrogen) atoms. The van der Waals surface area contributed by atoms with Gasteiger partial charge < -0.3 is 18.9 Å². The third-order valence-electron chi connectivity index (χ3n) is 4.19. The molecule has 0 N–H and O–H groups in total. The molecule has 0 unspecified atom stereocenters. The summed E-state index contributed by atoms with van der Waals surface area (Å²) in [7, 11) is 3.12. The lowest BCUT2D eigenvalue weighted by Crippen LogP contribution is -2.07. The first-order valence-corrected chi connectivity index (χ1v) is 8.36. The van der Waals surface area contributed by atoms with Crippen molar-refractivity contribution in [2.75, 3.05) is 20.8 Å². The predicted octanol–water partition coefficient (Wildman–Crippen LogP) is 3.60. The summed E-state index contributed by atoms with van der Waals surface area (Å²) in [5.74, 6) is 2.07. The summed E-state index contributed by atoms with van der Waals surface area (Å²) in [6.07, 6.45) is 1.64. The number of carbonyl (C=O) groups excluding carboxylic acids is 2. The van der Waals surface area contributed by atoms with E-state index >= 15 is 0 Å². The maximum absolute atomic E-state index is 12.7. The molecule has 0 aromatic heterocycles. The SMILES string of the molecule is COc1ccc(C=C2Oc3c(ccc(OCC(C)=O)c3C)C2=O)c(OC)c1. The van der Waals surface area contributed by atoms with Crippen LogP contribution in [0.1, 0.15) is 28.4 Å². The van der Waals surface area contributed by atoms with Crippen LogP contribution in [0.25, 0.3) is 6.08 Å². The predicted molar refractivity (Wildman–Crippen MR) is 99.8 cm³/mol. The minimum Gasteiger partial charge on any atom is -0.497 e. The van der Waals surface area contributed by atoms with Crippen LogP contribution in [0.2, 0.25) is 0 Å². The van der Waals surface area contributed by atoms with E-state index < -0.39 is 0 Å². The van der Waals surface area contributed by atoms with Gasteiger partial charge in [0.2, 0.25) is 5.78 Å². The molecule has 3 rings (SSSR count). The third kappa shape index (κ3) is 3.65. The molecule has 1 heterocycles. The van der Waals surface area contributed by atoms with Crippen molar-refractivity contribution in [2.24, 2.45) is 0 Å². The molecule has 6 heteroatoms. The molecule has 0 bridgehead atoms. The standard InChI is InChI=1S/C21H20O6/c1-12(22)11-26-17-8-7-16-20(23)19(27-21(16)13(17)2)9-14-5-6-15(24-3)10-18(14)25-4/h5-10H,11H2,1-4H3. The Balaban J connectivity index is 1.94. The zero-order valence-electron chi connectivity index (χ0n) is 15.6. The molecule has 0 spiro atoms. The van der Waals surface area contributed by atoms with Gasteiger partial charge >= 0.3 is 0 Å². The average molecular weight is 368 g/mol.